The van der Waals surface area contributed by atoms with Crippen LogP contribution >= 0.6 is 0 Å². The van der Waals surface area contributed by atoms with Crippen LogP contribution in [0.2, 0.25) is 0 Å². The number of hydrogen-bond acceptors (Lipinski definition) is 3. The van der Waals surface area contributed by atoms with Gasteiger partial charge >= 0.3 is 5.97 Å². The number of unbranched alkanes of at least 4 members (excludes halogenated alkanes) is 7. The summed E-state index contributed by atoms with van der Waals surface area (Å²) < 4.78 is 5.26. The molecule has 0 amide bonds. The van der Waals surface area contributed by atoms with Gasteiger partial charge in [0.1, 0.15) is 0 Å². The van der Waals surface area contributed by atoms with Crippen molar-refractivity contribution >= 4 is 5.97 Å². The third-order valence-corrected chi connectivity index (χ3v) is 4.12. The Balaban J connectivity index is 1.93. The van der Waals surface area contributed by atoms with Gasteiger partial charge < -0.3 is 14.9 Å². The molecule has 1 aliphatic rings. The summed E-state index contributed by atoms with van der Waals surface area (Å²) in [7, 11) is 0. The van der Waals surface area contributed by atoms with Gasteiger partial charge in [-0.15, -0.1) is 0 Å². The molecule has 1 aliphatic heterocycles. The molecule has 0 radical (unpaired) electrons. The highest BCUT2D eigenvalue weighted by atomic mass is 16.6. The van der Waals surface area contributed by atoms with Gasteiger partial charge in [0.2, 0.25) is 0 Å². The lowest BCUT2D eigenvalue weighted by atomic mass is 10.0. The molecular weight excluding hydrogens is 304 g/mol. The van der Waals surface area contributed by atoms with E-state index in [-0.39, 0.29) is 6.10 Å². The Morgan fingerprint density at radius 2 is 1.71 bits per heavy atom. The highest BCUT2D eigenvalue weighted by Crippen LogP contribution is 2.32. The first-order valence-electron chi connectivity index (χ1n) is 9.31. The van der Waals surface area contributed by atoms with Gasteiger partial charge in [0.05, 0.1) is 6.10 Å². The number of epoxide rings is 1. The van der Waals surface area contributed by atoms with Gasteiger partial charge in [0.15, 0.2) is 11.5 Å². The second-order valence-electron chi connectivity index (χ2n) is 6.39. The van der Waals surface area contributed by atoms with E-state index in [4.69, 9.17) is 9.84 Å². The van der Waals surface area contributed by atoms with Crippen LogP contribution in [-0.4, -0.2) is 22.3 Å². The Labute approximate surface area is 145 Å². The number of aliphatic carboxylic acids is 1. The quantitative estimate of drug-likeness (QED) is 0.263. The predicted octanol–water partition coefficient (Wildman–Crippen LogP) is 5.10. The molecule has 136 valence electrons. The second kappa shape index (κ2) is 12.8. The number of hydrogen-bond donors (Lipinski definition) is 2. The zero-order chi connectivity index (χ0) is 17.6. The highest BCUT2D eigenvalue weighted by Gasteiger charge is 2.22. The van der Waals surface area contributed by atoms with Crippen molar-refractivity contribution in [3.8, 4) is 0 Å². The minimum atomic E-state index is -0.952. The Bertz CT molecular complexity index is 449. The molecule has 0 aromatic rings. The fraction of sp³-hybridized carbons (Fsp3) is 0.650. The van der Waals surface area contributed by atoms with Gasteiger partial charge in [0.25, 0.3) is 0 Å². The fourth-order valence-corrected chi connectivity index (χ4v) is 2.63. The molecule has 24 heavy (non-hydrogen) atoms. The maximum absolute atomic E-state index is 10.3. The normalized spacial score (nSPS) is 18.2. The molecule has 4 heteroatoms. The van der Waals surface area contributed by atoms with Gasteiger partial charge in [-0.25, -0.2) is 4.79 Å². The second-order valence-corrected chi connectivity index (χ2v) is 6.39. The molecule has 1 saturated heterocycles. The molecular formula is C20H32O4. The topological polar surface area (TPSA) is 70.1 Å². The Morgan fingerprint density at radius 1 is 1.04 bits per heavy atom. The van der Waals surface area contributed by atoms with Crippen molar-refractivity contribution in [2.45, 2.75) is 83.7 Å². The molecule has 4 nitrogen and oxygen atoms in total. The van der Waals surface area contributed by atoms with Gasteiger partial charge in [-0.1, -0.05) is 57.9 Å². The summed E-state index contributed by atoms with van der Waals surface area (Å²) in [5, 5.41) is 18.3. The number of carboxylic acids is 1. The fourth-order valence-electron chi connectivity index (χ4n) is 2.63. The van der Waals surface area contributed by atoms with Crippen molar-refractivity contribution in [3.63, 3.8) is 0 Å². The van der Waals surface area contributed by atoms with Crippen molar-refractivity contribution in [2.75, 3.05) is 0 Å². The summed E-state index contributed by atoms with van der Waals surface area (Å²) in [5.74, 6) is 0.691. The van der Waals surface area contributed by atoms with Crippen LogP contribution in [0.25, 0.3) is 0 Å². The van der Waals surface area contributed by atoms with Crippen LogP contribution in [0.4, 0.5) is 0 Å². The first-order valence-corrected chi connectivity index (χ1v) is 9.31. The average Bonchev–Trinajstić information content (AvgIpc) is 3.28. The Morgan fingerprint density at radius 3 is 2.42 bits per heavy atom. The molecule has 0 spiro atoms. The van der Waals surface area contributed by atoms with Crippen molar-refractivity contribution in [3.05, 3.63) is 35.8 Å². The van der Waals surface area contributed by atoms with Gasteiger partial charge in [0, 0.05) is 6.08 Å². The molecule has 1 unspecified atom stereocenters. The van der Waals surface area contributed by atoms with Gasteiger partial charge in [-0.05, 0) is 37.8 Å². The Hall–Kier alpha value is -1.55. The number of allylic oxidation sites excluding steroid dienone is 3. The van der Waals surface area contributed by atoms with E-state index in [1.807, 2.05) is 0 Å². The monoisotopic (exact) mass is 336 g/mol. The minimum absolute atomic E-state index is 0.103. The average molecular weight is 336 g/mol. The SMILES string of the molecule is CCCCCC(O)CCCCCCCC=C1OC1=CC=CC(=O)O. The zero-order valence-corrected chi connectivity index (χ0v) is 14.9. The lowest BCUT2D eigenvalue weighted by Crippen LogP contribution is -2.05. The van der Waals surface area contributed by atoms with Crippen molar-refractivity contribution in [1.82, 2.24) is 0 Å². The maximum atomic E-state index is 10.3. The van der Waals surface area contributed by atoms with Crippen molar-refractivity contribution in [1.29, 1.82) is 0 Å². The van der Waals surface area contributed by atoms with E-state index >= 15 is 0 Å². The molecule has 0 aliphatic carbocycles. The summed E-state index contributed by atoms with van der Waals surface area (Å²) in [6.45, 7) is 2.19. The molecule has 0 bridgehead atoms. The summed E-state index contributed by atoms with van der Waals surface area (Å²) in [6, 6.07) is 0. The standard InChI is InChI=1S/C20H32O4/c1-2-3-8-12-17(21)13-9-6-4-5-7-10-14-18-19(24-18)15-11-16-20(22)23/h11,14-17,21H,2-10,12-13H2,1H3,(H,22,23). The smallest absolute Gasteiger partial charge is 0.328 e. The van der Waals surface area contributed by atoms with E-state index in [0.29, 0.717) is 0 Å². The number of ether oxygens (including phenoxy) is 1. The third-order valence-electron chi connectivity index (χ3n) is 4.12. The number of carbonyl (C=O) groups is 1. The van der Waals surface area contributed by atoms with Crippen LogP contribution in [0.1, 0.15) is 77.6 Å². The molecule has 1 rings (SSSR count). The summed E-state index contributed by atoms with van der Waals surface area (Å²) in [4.78, 5) is 10.3. The number of carboxylic acid groups (broad SMARTS) is 1. The molecule has 1 heterocycles. The van der Waals surface area contributed by atoms with Gasteiger partial charge in [-0.2, -0.15) is 0 Å². The summed E-state index contributed by atoms with van der Waals surface area (Å²) in [6.07, 6.45) is 18.6. The van der Waals surface area contributed by atoms with Crippen molar-refractivity contribution in [2.24, 2.45) is 0 Å². The van der Waals surface area contributed by atoms with E-state index in [0.717, 1.165) is 56.1 Å². The van der Waals surface area contributed by atoms with Crippen LogP contribution in [-0.2, 0) is 9.53 Å². The molecule has 1 fully saturated rings. The third kappa shape index (κ3) is 11.1. The molecule has 1 atom stereocenters. The minimum Gasteiger partial charge on any atom is -0.478 e. The molecule has 2 N–H and O–H groups in total. The summed E-state index contributed by atoms with van der Waals surface area (Å²) in [5.41, 5.74) is 0. The first kappa shape index (κ1) is 20.5. The first-order chi connectivity index (χ1) is 11.6. The van der Waals surface area contributed by atoms with Crippen LogP contribution < -0.4 is 0 Å². The van der Waals surface area contributed by atoms with Crippen LogP contribution in [0.3, 0.4) is 0 Å². The van der Waals surface area contributed by atoms with Crippen LogP contribution in [0.5, 0.6) is 0 Å². The van der Waals surface area contributed by atoms with E-state index in [1.165, 1.54) is 38.2 Å². The highest BCUT2D eigenvalue weighted by molar-refractivity contribution is 5.80. The zero-order valence-electron chi connectivity index (χ0n) is 14.9. The molecule has 0 aromatic heterocycles. The van der Waals surface area contributed by atoms with Crippen LogP contribution in [0, 0.1) is 0 Å². The maximum Gasteiger partial charge on any atom is 0.328 e. The van der Waals surface area contributed by atoms with Gasteiger partial charge in [-0.3, -0.25) is 0 Å². The van der Waals surface area contributed by atoms with E-state index in [1.54, 1.807) is 6.08 Å². The molecule has 0 aromatic carbocycles. The Kier molecular flexibility index (Phi) is 10.9. The molecule has 0 saturated carbocycles. The lowest BCUT2D eigenvalue weighted by molar-refractivity contribution is -0.131. The number of aliphatic hydroxyl groups excluding tert-OH is 1. The van der Waals surface area contributed by atoms with E-state index in [9.17, 15) is 9.90 Å². The number of rotatable bonds is 14. The van der Waals surface area contributed by atoms with E-state index < -0.39 is 5.97 Å². The summed E-state index contributed by atoms with van der Waals surface area (Å²) >= 11 is 0. The van der Waals surface area contributed by atoms with E-state index in [2.05, 4.69) is 13.0 Å². The largest absolute Gasteiger partial charge is 0.478 e. The van der Waals surface area contributed by atoms with Crippen LogP contribution in [0.15, 0.2) is 35.8 Å². The number of aliphatic hydroxyl groups is 1. The van der Waals surface area contributed by atoms with Crippen molar-refractivity contribution < 1.29 is 19.7 Å². The lowest BCUT2D eigenvalue weighted by Gasteiger charge is -2.09. The predicted molar refractivity (Wildman–Crippen MR) is 96.5 cm³/mol.